The Balaban J connectivity index is 1.75. The predicted molar refractivity (Wildman–Crippen MR) is 87.1 cm³/mol. The fourth-order valence-corrected chi connectivity index (χ4v) is 2.14. The number of para-hydroxylation sites is 1. The van der Waals surface area contributed by atoms with Crippen LogP contribution in [0.5, 0.6) is 5.75 Å². The molecule has 0 spiro atoms. The number of aromatic nitrogens is 3. The Morgan fingerprint density at radius 3 is 2.62 bits per heavy atom. The van der Waals surface area contributed by atoms with Gasteiger partial charge in [0.2, 0.25) is 5.82 Å². The van der Waals surface area contributed by atoms with E-state index in [0.29, 0.717) is 16.9 Å². The number of benzene rings is 2. The predicted octanol–water partition coefficient (Wildman–Crippen LogP) is 2.99. The first kappa shape index (κ1) is 17.0. The van der Waals surface area contributed by atoms with Crippen LogP contribution in [0.4, 0.5) is 14.5 Å². The molecule has 0 saturated carbocycles. The number of carbonyl (C=O) groups excluding carboxylic acids is 1. The highest BCUT2D eigenvalue weighted by molar-refractivity contribution is 6.02. The number of rotatable bonds is 5. The number of carbonyl (C=O) groups is 1. The number of alkyl halides is 2. The zero-order valence-electron chi connectivity index (χ0n) is 13.1. The molecule has 1 aromatic heterocycles. The Bertz CT molecular complexity index is 964. The van der Waals surface area contributed by atoms with E-state index in [1.54, 1.807) is 24.3 Å². The number of nitriles is 1. The SMILES string of the molecule is N#Cc1ccccc1NC(=O)c1ncn(-c2ccc(OC(F)F)cc2)n1. The number of ether oxygens (including phenoxy) is 1. The minimum Gasteiger partial charge on any atom is -0.435 e. The molecule has 3 aromatic rings. The summed E-state index contributed by atoms with van der Waals surface area (Å²) in [5.41, 5.74) is 1.18. The van der Waals surface area contributed by atoms with E-state index in [0.717, 1.165) is 0 Å². The molecule has 130 valence electrons. The van der Waals surface area contributed by atoms with E-state index >= 15 is 0 Å². The molecule has 0 aliphatic heterocycles. The average Bonchev–Trinajstić information content (AvgIpc) is 3.12. The molecule has 26 heavy (non-hydrogen) atoms. The van der Waals surface area contributed by atoms with Gasteiger partial charge < -0.3 is 10.1 Å². The van der Waals surface area contributed by atoms with Gasteiger partial charge in [-0.25, -0.2) is 9.67 Å². The second-order valence-electron chi connectivity index (χ2n) is 5.00. The molecule has 0 radical (unpaired) electrons. The van der Waals surface area contributed by atoms with Gasteiger partial charge in [0.05, 0.1) is 16.9 Å². The zero-order chi connectivity index (χ0) is 18.5. The standard InChI is InChI=1S/C17H11F2N5O2/c18-17(19)26-13-7-5-12(6-8-13)24-10-21-15(23-24)16(25)22-14-4-2-1-3-11(14)9-20/h1-8,10,17H,(H,22,25). The number of hydrogen-bond acceptors (Lipinski definition) is 5. The van der Waals surface area contributed by atoms with Gasteiger partial charge in [0.15, 0.2) is 0 Å². The average molecular weight is 355 g/mol. The van der Waals surface area contributed by atoms with E-state index in [-0.39, 0.29) is 11.6 Å². The van der Waals surface area contributed by atoms with Crippen LogP contribution in [0.2, 0.25) is 0 Å². The van der Waals surface area contributed by atoms with Crippen molar-refractivity contribution in [2.75, 3.05) is 5.32 Å². The maximum Gasteiger partial charge on any atom is 0.387 e. The lowest BCUT2D eigenvalue weighted by molar-refractivity contribution is -0.0498. The minimum absolute atomic E-state index is 0.00921. The molecule has 1 amide bonds. The number of hydrogen-bond donors (Lipinski definition) is 1. The maximum absolute atomic E-state index is 12.2. The van der Waals surface area contributed by atoms with Gasteiger partial charge in [0.1, 0.15) is 18.1 Å². The molecule has 0 aliphatic rings. The van der Waals surface area contributed by atoms with Gasteiger partial charge in [0.25, 0.3) is 5.91 Å². The van der Waals surface area contributed by atoms with Crippen molar-refractivity contribution in [1.82, 2.24) is 14.8 Å². The van der Waals surface area contributed by atoms with Crippen LogP contribution in [0.3, 0.4) is 0 Å². The van der Waals surface area contributed by atoms with Gasteiger partial charge in [-0.05, 0) is 36.4 Å². The molecule has 0 atom stereocenters. The second-order valence-corrected chi connectivity index (χ2v) is 5.00. The van der Waals surface area contributed by atoms with E-state index in [4.69, 9.17) is 5.26 Å². The van der Waals surface area contributed by atoms with Crippen molar-refractivity contribution in [2.24, 2.45) is 0 Å². The van der Waals surface area contributed by atoms with Gasteiger partial charge in [-0.1, -0.05) is 12.1 Å². The van der Waals surface area contributed by atoms with Crippen molar-refractivity contribution in [3.8, 4) is 17.5 Å². The summed E-state index contributed by atoms with van der Waals surface area (Å²) >= 11 is 0. The van der Waals surface area contributed by atoms with Crippen LogP contribution < -0.4 is 10.1 Å². The summed E-state index contributed by atoms with van der Waals surface area (Å²) < 4.78 is 29.9. The van der Waals surface area contributed by atoms with Gasteiger partial charge in [-0.3, -0.25) is 4.79 Å². The van der Waals surface area contributed by atoms with Crippen molar-refractivity contribution in [2.45, 2.75) is 6.61 Å². The van der Waals surface area contributed by atoms with Crippen molar-refractivity contribution >= 4 is 11.6 Å². The molecule has 2 aromatic carbocycles. The summed E-state index contributed by atoms with van der Waals surface area (Å²) in [5, 5.41) is 15.7. The molecular weight excluding hydrogens is 344 g/mol. The topological polar surface area (TPSA) is 92.8 Å². The Labute approximate surface area is 146 Å². The van der Waals surface area contributed by atoms with Crippen LogP contribution in [0, 0.1) is 11.3 Å². The van der Waals surface area contributed by atoms with Crippen molar-refractivity contribution in [3.63, 3.8) is 0 Å². The first-order valence-electron chi connectivity index (χ1n) is 7.34. The number of amides is 1. The van der Waals surface area contributed by atoms with Gasteiger partial charge in [-0.15, -0.1) is 5.10 Å². The highest BCUT2D eigenvalue weighted by Crippen LogP contribution is 2.17. The molecule has 0 fully saturated rings. The van der Waals surface area contributed by atoms with Crippen LogP contribution in [0.15, 0.2) is 54.9 Å². The molecule has 0 unspecified atom stereocenters. The Kier molecular flexibility index (Phi) is 4.85. The van der Waals surface area contributed by atoms with Crippen LogP contribution in [-0.4, -0.2) is 27.3 Å². The summed E-state index contributed by atoms with van der Waals surface area (Å²) in [4.78, 5) is 16.2. The second kappa shape index (κ2) is 7.40. The molecule has 7 nitrogen and oxygen atoms in total. The maximum atomic E-state index is 12.2. The van der Waals surface area contributed by atoms with Gasteiger partial charge in [-0.2, -0.15) is 14.0 Å². The highest BCUT2D eigenvalue weighted by Gasteiger charge is 2.14. The van der Waals surface area contributed by atoms with Crippen LogP contribution in [0.25, 0.3) is 5.69 Å². The molecule has 1 N–H and O–H groups in total. The first-order valence-corrected chi connectivity index (χ1v) is 7.34. The number of halogens is 2. The fraction of sp³-hybridized carbons (Fsp3) is 0.0588. The van der Waals surface area contributed by atoms with Gasteiger partial charge in [0, 0.05) is 0 Å². The van der Waals surface area contributed by atoms with E-state index in [1.807, 2.05) is 6.07 Å². The minimum atomic E-state index is -2.90. The smallest absolute Gasteiger partial charge is 0.387 e. The Morgan fingerprint density at radius 1 is 1.19 bits per heavy atom. The molecular formula is C17H11F2N5O2. The quantitative estimate of drug-likeness (QED) is 0.759. The third-order valence-electron chi connectivity index (χ3n) is 3.32. The summed E-state index contributed by atoms with van der Waals surface area (Å²) in [6.45, 7) is -2.90. The lowest BCUT2D eigenvalue weighted by atomic mass is 10.2. The van der Waals surface area contributed by atoms with Crippen molar-refractivity contribution < 1.29 is 18.3 Å². The zero-order valence-corrected chi connectivity index (χ0v) is 13.1. The molecule has 9 heteroatoms. The Morgan fingerprint density at radius 2 is 1.92 bits per heavy atom. The highest BCUT2D eigenvalue weighted by atomic mass is 19.3. The lowest BCUT2D eigenvalue weighted by Crippen LogP contribution is -2.15. The lowest BCUT2D eigenvalue weighted by Gasteiger charge is -2.05. The van der Waals surface area contributed by atoms with Crippen LogP contribution >= 0.6 is 0 Å². The molecule has 0 saturated heterocycles. The normalized spacial score (nSPS) is 10.4. The fourth-order valence-electron chi connectivity index (χ4n) is 2.14. The summed E-state index contributed by atoms with van der Waals surface area (Å²) in [7, 11) is 0. The van der Waals surface area contributed by atoms with Crippen LogP contribution in [0.1, 0.15) is 16.2 Å². The Hall–Kier alpha value is -3.80. The van der Waals surface area contributed by atoms with Crippen molar-refractivity contribution in [1.29, 1.82) is 5.26 Å². The number of nitrogens with zero attached hydrogens (tertiary/aromatic N) is 4. The monoisotopic (exact) mass is 355 g/mol. The number of anilines is 1. The summed E-state index contributed by atoms with van der Waals surface area (Å²) in [6, 6.07) is 14.2. The largest absolute Gasteiger partial charge is 0.435 e. The third kappa shape index (κ3) is 3.81. The first-order chi connectivity index (χ1) is 12.6. The van der Waals surface area contributed by atoms with E-state index < -0.39 is 12.5 Å². The third-order valence-corrected chi connectivity index (χ3v) is 3.32. The summed E-state index contributed by atoms with van der Waals surface area (Å²) in [6.07, 6.45) is 1.31. The van der Waals surface area contributed by atoms with Crippen LogP contribution in [-0.2, 0) is 0 Å². The van der Waals surface area contributed by atoms with E-state index in [9.17, 15) is 13.6 Å². The van der Waals surface area contributed by atoms with Crippen molar-refractivity contribution in [3.05, 3.63) is 66.2 Å². The van der Waals surface area contributed by atoms with Gasteiger partial charge >= 0.3 is 6.61 Å². The summed E-state index contributed by atoms with van der Waals surface area (Å²) in [5.74, 6) is -0.676. The molecule has 1 heterocycles. The molecule has 3 rings (SSSR count). The number of nitrogens with one attached hydrogen (secondary N) is 1. The molecule has 0 bridgehead atoms. The van der Waals surface area contributed by atoms with E-state index in [2.05, 4.69) is 20.1 Å². The van der Waals surface area contributed by atoms with E-state index in [1.165, 1.54) is 35.3 Å². The molecule has 0 aliphatic carbocycles.